The van der Waals surface area contributed by atoms with E-state index in [4.69, 9.17) is 32.7 Å². The van der Waals surface area contributed by atoms with Crippen molar-refractivity contribution in [3.05, 3.63) is 76.3 Å². The van der Waals surface area contributed by atoms with E-state index in [1.165, 1.54) is 13.2 Å². The van der Waals surface area contributed by atoms with Crippen LogP contribution in [-0.4, -0.2) is 25.1 Å². The van der Waals surface area contributed by atoms with Crippen molar-refractivity contribution in [2.45, 2.75) is 0 Å². The van der Waals surface area contributed by atoms with Gasteiger partial charge in [-0.3, -0.25) is 4.79 Å². The summed E-state index contributed by atoms with van der Waals surface area (Å²) in [6, 6.07) is 16.8. The molecular weight excluding hydrogens is 467 g/mol. The molecule has 0 spiro atoms. The first-order valence-corrected chi connectivity index (χ1v) is 11.1. The van der Waals surface area contributed by atoms with Gasteiger partial charge >= 0.3 is 0 Å². The molecule has 5 nitrogen and oxygen atoms in total. The number of nitrogens with zero attached hydrogens (tertiary/aromatic N) is 1. The van der Waals surface area contributed by atoms with Gasteiger partial charge in [0.2, 0.25) is 5.91 Å². The van der Waals surface area contributed by atoms with E-state index in [0.717, 1.165) is 20.8 Å². The molecule has 0 unspecified atom stereocenters. The zero-order chi connectivity index (χ0) is 22.7. The molecule has 0 atom stereocenters. The molecule has 0 fully saturated rings. The fourth-order valence-electron chi connectivity index (χ4n) is 3.19. The van der Waals surface area contributed by atoms with Crippen LogP contribution in [0, 0.1) is 0 Å². The fourth-order valence-corrected chi connectivity index (χ4v) is 4.74. The molecule has 4 rings (SSSR count). The summed E-state index contributed by atoms with van der Waals surface area (Å²) in [6.07, 6.45) is 2.98. The van der Waals surface area contributed by atoms with Gasteiger partial charge in [0.15, 0.2) is 0 Å². The number of ether oxygens (including phenoxy) is 2. The fraction of sp³-hybridized carbons (Fsp3) is 0.0833. The van der Waals surface area contributed by atoms with Crippen molar-refractivity contribution in [1.82, 2.24) is 4.98 Å². The Morgan fingerprint density at radius 2 is 1.88 bits per heavy atom. The van der Waals surface area contributed by atoms with Gasteiger partial charge in [0.05, 0.1) is 35.1 Å². The SMILES string of the molecule is COc1ccc(-c2nc3ccccc3s2)cc1NC(=O)C=Cc1cc(Cl)cc(Cl)c1OC. The molecule has 4 aromatic rings. The topological polar surface area (TPSA) is 60.5 Å². The molecule has 0 bridgehead atoms. The zero-order valence-electron chi connectivity index (χ0n) is 17.2. The van der Waals surface area contributed by atoms with Crippen LogP contribution >= 0.6 is 34.5 Å². The molecule has 0 aliphatic carbocycles. The number of methoxy groups -OCH3 is 2. The highest BCUT2D eigenvalue weighted by Gasteiger charge is 2.12. The number of fused-ring (bicyclic) bond motifs is 1. The van der Waals surface area contributed by atoms with Crippen LogP contribution in [0.2, 0.25) is 10.0 Å². The smallest absolute Gasteiger partial charge is 0.248 e. The third kappa shape index (κ3) is 4.72. The number of para-hydroxylation sites is 1. The van der Waals surface area contributed by atoms with Gasteiger partial charge < -0.3 is 14.8 Å². The van der Waals surface area contributed by atoms with Crippen LogP contribution in [0.1, 0.15) is 5.56 Å². The standard InChI is InChI=1S/C24H18Cl2N2O3S/c1-30-20-9-7-15(24-28-18-5-3-4-6-21(18)32-24)12-19(20)27-22(29)10-8-14-11-16(25)13-17(26)23(14)31-2/h3-13H,1-2H3,(H,27,29). The van der Waals surface area contributed by atoms with Gasteiger partial charge in [-0.15, -0.1) is 11.3 Å². The van der Waals surface area contributed by atoms with E-state index >= 15 is 0 Å². The lowest BCUT2D eigenvalue weighted by Gasteiger charge is -2.11. The largest absolute Gasteiger partial charge is 0.495 e. The van der Waals surface area contributed by atoms with E-state index in [1.54, 1.807) is 42.7 Å². The minimum absolute atomic E-state index is 0.345. The molecule has 3 aromatic carbocycles. The number of halogens is 2. The van der Waals surface area contributed by atoms with E-state index in [-0.39, 0.29) is 5.91 Å². The quantitative estimate of drug-likeness (QED) is 0.301. The Bertz CT molecular complexity index is 1300. The Hall–Kier alpha value is -3.06. The highest BCUT2D eigenvalue weighted by molar-refractivity contribution is 7.21. The predicted octanol–water partition coefficient (Wildman–Crippen LogP) is 6.94. The van der Waals surface area contributed by atoms with Crippen molar-refractivity contribution in [3.63, 3.8) is 0 Å². The van der Waals surface area contributed by atoms with Crippen molar-refractivity contribution in [3.8, 4) is 22.1 Å². The maximum absolute atomic E-state index is 12.6. The normalized spacial score (nSPS) is 11.1. The van der Waals surface area contributed by atoms with Crippen molar-refractivity contribution < 1.29 is 14.3 Å². The number of benzene rings is 3. The summed E-state index contributed by atoms with van der Waals surface area (Å²) >= 11 is 13.8. The first-order chi connectivity index (χ1) is 15.5. The van der Waals surface area contributed by atoms with Crippen molar-refractivity contribution in [2.75, 3.05) is 19.5 Å². The molecule has 1 amide bonds. The second-order valence-corrected chi connectivity index (χ2v) is 8.61. The molecule has 1 heterocycles. The number of aromatic nitrogens is 1. The highest BCUT2D eigenvalue weighted by atomic mass is 35.5. The summed E-state index contributed by atoms with van der Waals surface area (Å²) in [4.78, 5) is 17.3. The van der Waals surface area contributed by atoms with E-state index in [9.17, 15) is 4.79 Å². The summed E-state index contributed by atoms with van der Waals surface area (Å²) < 4.78 is 11.8. The van der Waals surface area contributed by atoms with Crippen LogP contribution in [0.25, 0.3) is 26.9 Å². The average Bonchev–Trinajstić information content (AvgIpc) is 3.22. The number of hydrogen-bond donors (Lipinski definition) is 1. The first kappa shape index (κ1) is 22.1. The van der Waals surface area contributed by atoms with Crippen molar-refractivity contribution in [1.29, 1.82) is 0 Å². The summed E-state index contributed by atoms with van der Waals surface area (Å²) in [5, 5.41) is 4.53. The third-order valence-electron chi connectivity index (χ3n) is 4.65. The molecule has 0 radical (unpaired) electrons. The third-order valence-corrected chi connectivity index (χ3v) is 6.24. The molecule has 0 aliphatic heterocycles. The number of rotatable bonds is 6. The van der Waals surface area contributed by atoms with Gasteiger partial charge in [-0.05, 0) is 48.5 Å². The first-order valence-electron chi connectivity index (χ1n) is 9.54. The highest BCUT2D eigenvalue weighted by Crippen LogP contribution is 2.35. The second-order valence-electron chi connectivity index (χ2n) is 6.73. The summed E-state index contributed by atoms with van der Waals surface area (Å²) in [6.45, 7) is 0. The lowest BCUT2D eigenvalue weighted by molar-refractivity contribution is -0.111. The minimum Gasteiger partial charge on any atom is -0.495 e. The molecule has 32 heavy (non-hydrogen) atoms. The van der Waals surface area contributed by atoms with Gasteiger partial charge in [-0.2, -0.15) is 0 Å². The summed E-state index contributed by atoms with van der Waals surface area (Å²) in [5.74, 6) is 0.637. The Labute approximate surface area is 199 Å². The van der Waals surface area contributed by atoms with Crippen LogP contribution in [0.15, 0.2) is 60.7 Å². The van der Waals surface area contributed by atoms with Crippen LogP contribution < -0.4 is 14.8 Å². The monoisotopic (exact) mass is 484 g/mol. The lowest BCUT2D eigenvalue weighted by Crippen LogP contribution is -2.09. The van der Waals surface area contributed by atoms with Crippen LogP contribution in [0.4, 0.5) is 5.69 Å². The Morgan fingerprint density at radius 1 is 1.06 bits per heavy atom. The lowest BCUT2D eigenvalue weighted by atomic mass is 10.1. The number of carbonyl (C=O) groups is 1. The van der Waals surface area contributed by atoms with Gasteiger partial charge in [0.1, 0.15) is 16.5 Å². The van der Waals surface area contributed by atoms with Gasteiger partial charge in [-0.1, -0.05) is 35.3 Å². The van der Waals surface area contributed by atoms with E-state index in [2.05, 4.69) is 10.3 Å². The minimum atomic E-state index is -0.345. The maximum atomic E-state index is 12.6. The van der Waals surface area contributed by atoms with Crippen LogP contribution in [0.5, 0.6) is 11.5 Å². The molecule has 1 aromatic heterocycles. The van der Waals surface area contributed by atoms with Crippen molar-refractivity contribution in [2.24, 2.45) is 0 Å². The maximum Gasteiger partial charge on any atom is 0.248 e. The summed E-state index contributed by atoms with van der Waals surface area (Å²) in [7, 11) is 3.06. The van der Waals surface area contributed by atoms with Crippen LogP contribution in [-0.2, 0) is 4.79 Å². The summed E-state index contributed by atoms with van der Waals surface area (Å²) in [5.41, 5.74) is 2.95. The van der Waals surface area contributed by atoms with Gasteiger partial charge in [0, 0.05) is 22.2 Å². The molecule has 162 valence electrons. The molecule has 1 N–H and O–H groups in total. The Kier molecular flexibility index (Phi) is 6.65. The Morgan fingerprint density at radius 3 is 2.62 bits per heavy atom. The van der Waals surface area contributed by atoms with E-state index in [0.29, 0.717) is 32.8 Å². The molecule has 0 saturated heterocycles. The molecule has 0 aliphatic rings. The van der Waals surface area contributed by atoms with E-state index in [1.807, 2.05) is 36.4 Å². The number of carbonyl (C=O) groups excluding carboxylic acids is 1. The second kappa shape index (κ2) is 9.61. The van der Waals surface area contributed by atoms with Gasteiger partial charge in [-0.25, -0.2) is 4.98 Å². The van der Waals surface area contributed by atoms with Crippen LogP contribution in [0.3, 0.4) is 0 Å². The molecule has 8 heteroatoms. The Balaban J connectivity index is 1.60. The number of amides is 1. The van der Waals surface area contributed by atoms with Gasteiger partial charge in [0.25, 0.3) is 0 Å². The molecule has 0 saturated carbocycles. The molecular formula is C24H18Cl2N2O3S. The predicted molar refractivity (Wildman–Crippen MR) is 132 cm³/mol. The van der Waals surface area contributed by atoms with Crippen molar-refractivity contribution >= 4 is 62.4 Å². The number of hydrogen-bond acceptors (Lipinski definition) is 5. The zero-order valence-corrected chi connectivity index (χ0v) is 19.5. The van der Waals surface area contributed by atoms with E-state index < -0.39 is 0 Å². The number of anilines is 1. The average molecular weight is 485 g/mol. The number of thiazole rings is 1. The number of nitrogens with one attached hydrogen (secondary N) is 1.